The van der Waals surface area contributed by atoms with Gasteiger partial charge in [-0.05, 0) is 12.0 Å². The van der Waals surface area contributed by atoms with Gasteiger partial charge < -0.3 is 5.32 Å². The second-order valence-corrected chi connectivity index (χ2v) is 6.01. The fourth-order valence-electron chi connectivity index (χ4n) is 3.02. The Balaban J connectivity index is 1.32. The van der Waals surface area contributed by atoms with Crippen LogP contribution in [0.1, 0.15) is 23.4 Å². The molecular weight excluding hydrogens is 288 g/mol. The summed E-state index contributed by atoms with van der Waals surface area (Å²) in [7, 11) is 0. The Labute approximate surface area is 135 Å². The third-order valence-corrected chi connectivity index (χ3v) is 4.27. The number of nitrogens with zero attached hydrogens (tertiary/aromatic N) is 5. The van der Waals surface area contributed by atoms with Crippen LogP contribution in [0.3, 0.4) is 0 Å². The lowest BCUT2D eigenvalue weighted by Gasteiger charge is -2.23. The van der Waals surface area contributed by atoms with Crippen molar-refractivity contribution in [2.75, 3.05) is 0 Å². The van der Waals surface area contributed by atoms with Crippen LogP contribution >= 0.6 is 0 Å². The molecule has 0 saturated heterocycles. The molecule has 0 saturated carbocycles. The molecule has 1 aromatic carbocycles. The Morgan fingerprint density at radius 1 is 1.13 bits per heavy atom. The minimum atomic E-state index is 0.446. The van der Waals surface area contributed by atoms with Gasteiger partial charge in [0, 0.05) is 30.8 Å². The number of nitrogens with one attached hydrogen (secondary N) is 1. The number of aryl methyl sites for hydroxylation is 1. The lowest BCUT2D eigenvalue weighted by molar-refractivity contribution is 0.358. The van der Waals surface area contributed by atoms with Crippen LogP contribution in [-0.2, 0) is 26.1 Å². The molecule has 1 atom stereocenters. The van der Waals surface area contributed by atoms with Crippen LogP contribution in [-0.4, -0.2) is 30.6 Å². The summed E-state index contributed by atoms with van der Waals surface area (Å²) >= 11 is 0. The van der Waals surface area contributed by atoms with Crippen molar-refractivity contribution in [2.45, 2.75) is 38.5 Å². The summed E-state index contributed by atoms with van der Waals surface area (Å²) in [5, 5.41) is 12.3. The molecule has 2 aromatic heterocycles. The van der Waals surface area contributed by atoms with E-state index >= 15 is 0 Å². The van der Waals surface area contributed by atoms with Crippen molar-refractivity contribution < 1.29 is 0 Å². The third kappa shape index (κ3) is 3.32. The van der Waals surface area contributed by atoms with Gasteiger partial charge >= 0.3 is 0 Å². The summed E-state index contributed by atoms with van der Waals surface area (Å²) in [6.45, 7) is 2.55. The number of hydrogen-bond donors (Lipinski definition) is 1. The average molecular weight is 308 g/mol. The highest BCUT2D eigenvalue weighted by Crippen LogP contribution is 2.12. The van der Waals surface area contributed by atoms with E-state index in [0.29, 0.717) is 6.04 Å². The molecular formula is C17H20N6. The van der Waals surface area contributed by atoms with Crippen LogP contribution in [0, 0.1) is 0 Å². The topological polar surface area (TPSA) is 60.6 Å². The van der Waals surface area contributed by atoms with Gasteiger partial charge in [-0.2, -0.15) is 10.2 Å². The summed E-state index contributed by atoms with van der Waals surface area (Å²) in [4.78, 5) is 4.26. The minimum absolute atomic E-state index is 0.446. The summed E-state index contributed by atoms with van der Waals surface area (Å²) in [5.74, 6) is 1.10. The van der Waals surface area contributed by atoms with E-state index in [0.717, 1.165) is 38.3 Å². The molecule has 0 unspecified atom stereocenters. The molecule has 23 heavy (non-hydrogen) atoms. The first-order valence-electron chi connectivity index (χ1n) is 8.02. The van der Waals surface area contributed by atoms with E-state index in [2.05, 4.69) is 51.0 Å². The first-order valence-corrected chi connectivity index (χ1v) is 8.02. The standard InChI is InChI=1S/C17H20N6/c1-2-4-14(5-3-1)10-22-11-15(9-20-22)8-18-16-6-7-17-19-13-21-23(17)12-16/h1-5,9,11,13,16,18H,6-8,10,12H2/t16-/m0/s1. The lowest BCUT2D eigenvalue weighted by Crippen LogP contribution is -2.37. The van der Waals surface area contributed by atoms with Crippen LogP contribution in [0.15, 0.2) is 49.1 Å². The van der Waals surface area contributed by atoms with Crippen LogP contribution < -0.4 is 5.32 Å². The van der Waals surface area contributed by atoms with E-state index in [1.165, 1.54) is 11.1 Å². The summed E-state index contributed by atoms with van der Waals surface area (Å²) in [5.41, 5.74) is 2.48. The predicted octanol–water partition coefficient (Wildman–Crippen LogP) is 1.63. The highest BCUT2D eigenvalue weighted by molar-refractivity contribution is 5.15. The van der Waals surface area contributed by atoms with Crippen LogP contribution in [0.25, 0.3) is 0 Å². The molecule has 0 bridgehead atoms. The molecule has 118 valence electrons. The number of aromatic nitrogens is 5. The highest BCUT2D eigenvalue weighted by atomic mass is 15.3. The van der Waals surface area contributed by atoms with Crippen molar-refractivity contribution in [1.29, 1.82) is 0 Å². The van der Waals surface area contributed by atoms with Gasteiger partial charge in [0.15, 0.2) is 0 Å². The van der Waals surface area contributed by atoms with Crippen LogP contribution in [0.5, 0.6) is 0 Å². The number of benzene rings is 1. The maximum absolute atomic E-state index is 4.45. The lowest BCUT2D eigenvalue weighted by atomic mass is 10.1. The SMILES string of the molecule is c1ccc(Cn2cc(CN[C@H]3CCc4ncnn4C3)cn2)cc1. The van der Waals surface area contributed by atoms with E-state index in [4.69, 9.17) is 0 Å². The smallest absolute Gasteiger partial charge is 0.138 e. The molecule has 1 aliphatic heterocycles. The first-order chi connectivity index (χ1) is 11.4. The molecule has 0 aliphatic carbocycles. The van der Waals surface area contributed by atoms with Gasteiger partial charge in [0.05, 0.1) is 19.3 Å². The zero-order valence-corrected chi connectivity index (χ0v) is 13.0. The normalized spacial score (nSPS) is 17.1. The van der Waals surface area contributed by atoms with Crippen molar-refractivity contribution >= 4 is 0 Å². The molecule has 0 amide bonds. The Kier molecular flexibility index (Phi) is 3.90. The van der Waals surface area contributed by atoms with Gasteiger partial charge in [-0.1, -0.05) is 30.3 Å². The van der Waals surface area contributed by atoms with E-state index < -0.39 is 0 Å². The van der Waals surface area contributed by atoms with Gasteiger partial charge in [-0.25, -0.2) is 9.67 Å². The second kappa shape index (κ2) is 6.34. The molecule has 4 rings (SSSR count). The maximum atomic E-state index is 4.45. The van der Waals surface area contributed by atoms with Gasteiger partial charge in [0.1, 0.15) is 12.2 Å². The van der Waals surface area contributed by atoms with Gasteiger partial charge in [-0.3, -0.25) is 4.68 Å². The molecule has 6 nitrogen and oxygen atoms in total. The van der Waals surface area contributed by atoms with Crippen molar-refractivity contribution in [2.24, 2.45) is 0 Å². The minimum Gasteiger partial charge on any atom is -0.308 e. The molecule has 0 radical (unpaired) electrons. The Morgan fingerprint density at radius 2 is 2.04 bits per heavy atom. The highest BCUT2D eigenvalue weighted by Gasteiger charge is 2.19. The molecule has 3 heterocycles. The Morgan fingerprint density at radius 3 is 2.96 bits per heavy atom. The number of fused-ring (bicyclic) bond motifs is 1. The monoisotopic (exact) mass is 308 g/mol. The fourth-order valence-corrected chi connectivity index (χ4v) is 3.02. The predicted molar refractivity (Wildman–Crippen MR) is 86.7 cm³/mol. The number of hydrogen-bond acceptors (Lipinski definition) is 4. The second-order valence-electron chi connectivity index (χ2n) is 6.01. The van der Waals surface area contributed by atoms with E-state index in [9.17, 15) is 0 Å². The molecule has 1 aliphatic rings. The van der Waals surface area contributed by atoms with Crippen molar-refractivity contribution in [3.05, 3.63) is 66.0 Å². The van der Waals surface area contributed by atoms with E-state index in [1.807, 2.05) is 21.6 Å². The third-order valence-electron chi connectivity index (χ3n) is 4.27. The summed E-state index contributed by atoms with van der Waals surface area (Å²) in [6.07, 6.45) is 7.80. The van der Waals surface area contributed by atoms with E-state index in [1.54, 1.807) is 6.33 Å². The van der Waals surface area contributed by atoms with Crippen molar-refractivity contribution in [3.8, 4) is 0 Å². The van der Waals surface area contributed by atoms with Crippen LogP contribution in [0.4, 0.5) is 0 Å². The van der Waals surface area contributed by atoms with Gasteiger partial charge in [0.2, 0.25) is 0 Å². The van der Waals surface area contributed by atoms with Crippen LogP contribution in [0.2, 0.25) is 0 Å². The first kappa shape index (κ1) is 14.1. The van der Waals surface area contributed by atoms with Crippen molar-refractivity contribution in [1.82, 2.24) is 29.9 Å². The summed E-state index contributed by atoms with van der Waals surface area (Å²) in [6, 6.07) is 10.8. The molecule has 3 aromatic rings. The number of rotatable bonds is 5. The van der Waals surface area contributed by atoms with Gasteiger partial charge in [0.25, 0.3) is 0 Å². The molecule has 1 N–H and O–H groups in total. The molecule has 6 heteroatoms. The largest absolute Gasteiger partial charge is 0.308 e. The zero-order valence-electron chi connectivity index (χ0n) is 13.0. The molecule has 0 fully saturated rings. The Bertz CT molecular complexity index is 760. The summed E-state index contributed by atoms with van der Waals surface area (Å²) < 4.78 is 3.99. The zero-order chi connectivity index (χ0) is 15.5. The molecule has 0 spiro atoms. The van der Waals surface area contributed by atoms with Crippen molar-refractivity contribution in [3.63, 3.8) is 0 Å². The fraction of sp³-hybridized carbons (Fsp3) is 0.353. The quantitative estimate of drug-likeness (QED) is 0.778. The Hall–Kier alpha value is -2.47. The maximum Gasteiger partial charge on any atom is 0.138 e. The van der Waals surface area contributed by atoms with Gasteiger partial charge in [-0.15, -0.1) is 0 Å². The van der Waals surface area contributed by atoms with E-state index in [-0.39, 0.29) is 0 Å². The average Bonchev–Trinajstić information content (AvgIpc) is 3.22.